The zero-order valence-corrected chi connectivity index (χ0v) is 12.1. The zero-order chi connectivity index (χ0) is 15.7. The fourth-order valence-corrected chi connectivity index (χ4v) is 1.76. The zero-order valence-electron chi connectivity index (χ0n) is 12.1. The summed E-state index contributed by atoms with van der Waals surface area (Å²) in [6.07, 6.45) is 5.98. The largest absolute Gasteiger partial charge is 0.268 e. The molecule has 0 amide bonds. The van der Waals surface area contributed by atoms with E-state index in [9.17, 15) is 0 Å². The van der Waals surface area contributed by atoms with E-state index < -0.39 is 6.17 Å². The minimum Gasteiger partial charge on any atom is -0.265 e. The summed E-state index contributed by atoms with van der Waals surface area (Å²) in [7, 11) is 0. The summed E-state index contributed by atoms with van der Waals surface area (Å²) in [6, 6.07) is 14.8. The van der Waals surface area contributed by atoms with E-state index in [2.05, 4.69) is 35.4 Å². The first-order valence-corrected chi connectivity index (χ1v) is 6.95. The molecule has 3 aromatic rings. The van der Waals surface area contributed by atoms with Gasteiger partial charge in [-0.2, -0.15) is 15.3 Å². The van der Waals surface area contributed by atoms with Crippen molar-refractivity contribution in [3.8, 4) is 0 Å². The number of benzene rings is 1. The summed E-state index contributed by atoms with van der Waals surface area (Å²) in [5, 5.41) is 16.7. The third-order valence-electron chi connectivity index (χ3n) is 2.85. The number of rotatable bonds is 5. The van der Waals surface area contributed by atoms with Gasteiger partial charge in [0.1, 0.15) is 0 Å². The Kier molecular flexibility index (Phi) is 4.82. The summed E-state index contributed by atoms with van der Waals surface area (Å²) in [6.45, 7) is 0. The molecule has 0 spiro atoms. The molecule has 7 nitrogen and oxygen atoms in total. The van der Waals surface area contributed by atoms with Gasteiger partial charge in [0.2, 0.25) is 6.17 Å². The molecule has 0 saturated carbocycles. The summed E-state index contributed by atoms with van der Waals surface area (Å²) in [5.41, 5.74) is 1.58. The number of azo groups is 2. The molecule has 0 saturated heterocycles. The molecular formula is C16H13N7. The minimum absolute atomic E-state index is 0.279. The number of aromatic nitrogens is 3. The fraction of sp³-hybridized carbons (Fsp3) is 0.0625. The van der Waals surface area contributed by atoms with Crippen LogP contribution in [0.15, 0.2) is 93.8 Å². The average Bonchev–Trinajstić information content (AvgIpc) is 2.64. The van der Waals surface area contributed by atoms with Crippen molar-refractivity contribution >= 4 is 11.6 Å². The topological polar surface area (TPSA) is 88.1 Å². The van der Waals surface area contributed by atoms with Crippen LogP contribution in [0.4, 0.5) is 11.6 Å². The molecule has 0 N–H and O–H groups in total. The van der Waals surface area contributed by atoms with E-state index in [1.54, 1.807) is 30.9 Å². The van der Waals surface area contributed by atoms with Crippen molar-refractivity contribution in [1.82, 2.24) is 15.0 Å². The van der Waals surface area contributed by atoms with Gasteiger partial charge in [0.15, 0.2) is 0 Å². The van der Waals surface area contributed by atoms with Gasteiger partial charge in [0, 0.05) is 30.4 Å². The van der Waals surface area contributed by atoms with E-state index in [1.165, 1.54) is 0 Å². The average molecular weight is 303 g/mol. The molecule has 2 heterocycles. The molecule has 0 aliphatic rings. The lowest BCUT2D eigenvalue weighted by Gasteiger charge is -2.04. The van der Waals surface area contributed by atoms with Crippen molar-refractivity contribution < 1.29 is 0 Å². The second-order valence-corrected chi connectivity index (χ2v) is 4.47. The van der Waals surface area contributed by atoms with E-state index in [-0.39, 0.29) is 5.95 Å². The predicted molar refractivity (Wildman–Crippen MR) is 84.5 cm³/mol. The summed E-state index contributed by atoms with van der Waals surface area (Å²) in [4.78, 5) is 12.0. The highest BCUT2D eigenvalue weighted by molar-refractivity contribution is 5.34. The maximum atomic E-state index is 4.26. The monoisotopic (exact) mass is 303 g/mol. The standard InChI is InChI=1S/C16H13N7/c1-2-5-14(6-3-1)20-21-15(13-7-11-17-12-8-13)22-23-16-18-9-4-10-19-16/h1-12,15H. The van der Waals surface area contributed by atoms with E-state index in [4.69, 9.17) is 0 Å². The Bertz CT molecular complexity index is 724. The first-order chi connectivity index (χ1) is 11.4. The van der Waals surface area contributed by atoms with Crippen molar-refractivity contribution in [1.29, 1.82) is 0 Å². The van der Waals surface area contributed by atoms with Gasteiger partial charge in [0.25, 0.3) is 5.95 Å². The minimum atomic E-state index is -0.581. The van der Waals surface area contributed by atoms with Crippen LogP contribution in [0.3, 0.4) is 0 Å². The highest BCUT2D eigenvalue weighted by Gasteiger charge is 2.09. The van der Waals surface area contributed by atoms with Gasteiger partial charge in [-0.3, -0.25) is 4.98 Å². The molecule has 2 aromatic heterocycles. The molecule has 23 heavy (non-hydrogen) atoms. The molecule has 0 bridgehead atoms. The van der Waals surface area contributed by atoms with Gasteiger partial charge in [-0.05, 0) is 30.3 Å². The molecule has 0 aliphatic heterocycles. The van der Waals surface area contributed by atoms with Crippen LogP contribution in [0, 0.1) is 0 Å². The molecule has 0 radical (unpaired) electrons. The van der Waals surface area contributed by atoms with Crippen LogP contribution < -0.4 is 0 Å². The van der Waals surface area contributed by atoms with Crippen LogP contribution in [0.5, 0.6) is 0 Å². The first-order valence-electron chi connectivity index (χ1n) is 6.95. The van der Waals surface area contributed by atoms with E-state index in [1.807, 2.05) is 42.5 Å². The van der Waals surface area contributed by atoms with Crippen molar-refractivity contribution in [3.63, 3.8) is 0 Å². The Hall–Kier alpha value is -3.35. The van der Waals surface area contributed by atoms with Crippen LogP contribution >= 0.6 is 0 Å². The Morgan fingerprint density at radius 3 is 2.13 bits per heavy atom. The number of hydrogen-bond donors (Lipinski definition) is 0. The molecular weight excluding hydrogens is 290 g/mol. The lowest BCUT2D eigenvalue weighted by atomic mass is 10.2. The Balaban J connectivity index is 1.85. The van der Waals surface area contributed by atoms with E-state index in [0.29, 0.717) is 0 Å². The van der Waals surface area contributed by atoms with Crippen LogP contribution in [-0.4, -0.2) is 15.0 Å². The second kappa shape index (κ2) is 7.60. The summed E-state index contributed by atoms with van der Waals surface area (Å²) >= 11 is 0. The lowest BCUT2D eigenvalue weighted by Crippen LogP contribution is -1.91. The lowest BCUT2D eigenvalue weighted by molar-refractivity contribution is 0.683. The van der Waals surface area contributed by atoms with Crippen LogP contribution in [0.2, 0.25) is 0 Å². The van der Waals surface area contributed by atoms with Gasteiger partial charge in [0.05, 0.1) is 5.69 Å². The molecule has 1 aromatic carbocycles. The number of hydrogen-bond acceptors (Lipinski definition) is 7. The third-order valence-corrected chi connectivity index (χ3v) is 2.85. The predicted octanol–water partition coefficient (Wildman–Crippen LogP) is 4.44. The summed E-state index contributed by atoms with van der Waals surface area (Å²) < 4.78 is 0. The quantitative estimate of drug-likeness (QED) is 0.653. The van der Waals surface area contributed by atoms with Gasteiger partial charge >= 0.3 is 0 Å². The van der Waals surface area contributed by atoms with Gasteiger partial charge < -0.3 is 0 Å². The molecule has 0 fully saturated rings. The maximum Gasteiger partial charge on any atom is 0.268 e. The first kappa shape index (κ1) is 14.6. The van der Waals surface area contributed by atoms with Crippen molar-refractivity contribution in [3.05, 3.63) is 78.9 Å². The maximum absolute atomic E-state index is 4.26. The van der Waals surface area contributed by atoms with Crippen LogP contribution in [0.1, 0.15) is 11.7 Å². The summed E-state index contributed by atoms with van der Waals surface area (Å²) in [5.74, 6) is 0.279. The number of nitrogens with zero attached hydrogens (tertiary/aromatic N) is 7. The molecule has 0 aliphatic carbocycles. The van der Waals surface area contributed by atoms with Crippen molar-refractivity contribution in [2.75, 3.05) is 0 Å². The van der Waals surface area contributed by atoms with Crippen LogP contribution in [0.25, 0.3) is 0 Å². The Morgan fingerprint density at radius 2 is 1.39 bits per heavy atom. The molecule has 1 unspecified atom stereocenters. The Labute approximate surface area is 132 Å². The van der Waals surface area contributed by atoms with Crippen molar-refractivity contribution in [2.45, 2.75) is 6.17 Å². The highest BCUT2D eigenvalue weighted by Crippen LogP contribution is 2.23. The smallest absolute Gasteiger partial charge is 0.265 e. The van der Waals surface area contributed by atoms with Crippen LogP contribution in [-0.2, 0) is 0 Å². The second-order valence-electron chi connectivity index (χ2n) is 4.47. The van der Waals surface area contributed by atoms with Gasteiger partial charge in [-0.25, -0.2) is 9.97 Å². The third kappa shape index (κ3) is 4.31. The normalized spacial score (nSPS) is 12.7. The van der Waals surface area contributed by atoms with Gasteiger partial charge in [-0.15, -0.1) is 5.11 Å². The highest BCUT2D eigenvalue weighted by atomic mass is 15.3. The van der Waals surface area contributed by atoms with Gasteiger partial charge in [-0.1, -0.05) is 18.2 Å². The molecule has 112 valence electrons. The van der Waals surface area contributed by atoms with E-state index >= 15 is 0 Å². The fourth-order valence-electron chi connectivity index (χ4n) is 1.76. The number of pyridine rings is 1. The molecule has 7 heteroatoms. The molecule has 1 atom stereocenters. The molecule has 3 rings (SSSR count). The van der Waals surface area contributed by atoms with E-state index in [0.717, 1.165) is 11.3 Å². The van der Waals surface area contributed by atoms with Crippen molar-refractivity contribution in [2.24, 2.45) is 20.5 Å². The Morgan fingerprint density at radius 1 is 0.696 bits per heavy atom. The SMILES string of the molecule is c1ccc(N=NC(N=Nc2ncccn2)c2ccncc2)cc1.